The Kier molecular flexibility index (Phi) is 4.42. The summed E-state index contributed by atoms with van der Waals surface area (Å²) in [6.07, 6.45) is 6.30. The Balaban J connectivity index is 1.25. The quantitative estimate of drug-likeness (QED) is 0.726. The van der Waals surface area contributed by atoms with Crippen molar-refractivity contribution >= 4 is 16.8 Å². The first kappa shape index (κ1) is 15.8. The lowest BCUT2D eigenvalue weighted by Gasteiger charge is -2.09. The summed E-state index contributed by atoms with van der Waals surface area (Å²) in [5.74, 6) is 0.702. The van der Waals surface area contributed by atoms with E-state index in [-0.39, 0.29) is 12.5 Å². The molecule has 0 unspecified atom stereocenters. The molecule has 0 atom stereocenters. The van der Waals surface area contributed by atoms with Crippen LogP contribution in [0.1, 0.15) is 23.1 Å². The predicted octanol–water partition coefficient (Wildman–Crippen LogP) is 3.39. The number of aromatic amines is 1. The minimum absolute atomic E-state index is 0.0622. The van der Waals surface area contributed by atoms with Gasteiger partial charge in [-0.05, 0) is 60.6 Å². The molecule has 0 spiro atoms. The fourth-order valence-electron chi connectivity index (χ4n) is 3.51. The molecule has 4 nitrogen and oxygen atoms in total. The number of carbonyl (C=O) groups is 1. The van der Waals surface area contributed by atoms with Gasteiger partial charge in [0.1, 0.15) is 5.75 Å². The molecule has 0 saturated carbocycles. The molecule has 128 valence electrons. The van der Waals surface area contributed by atoms with E-state index < -0.39 is 0 Å². The van der Waals surface area contributed by atoms with Crippen LogP contribution in [0.15, 0.2) is 48.7 Å². The zero-order chi connectivity index (χ0) is 17.1. The van der Waals surface area contributed by atoms with E-state index in [9.17, 15) is 4.79 Å². The van der Waals surface area contributed by atoms with Crippen molar-refractivity contribution in [1.82, 2.24) is 10.3 Å². The lowest BCUT2D eigenvalue weighted by Crippen LogP contribution is -2.30. The largest absolute Gasteiger partial charge is 0.484 e. The van der Waals surface area contributed by atoms with Crippen molar-refractivity contribution in [3.63, 3.8) is 0 Å². The first-order valence-corrected chi connectivity index (χ1v) is 8.86. The van der Waals surface area contributed by atoms with E-state index in [1.165, 1.54) is 28.5 Å². The Labute approximate surface area is 147 Å². The van der Waals surface area contributed by atoms with Crippen molar-refractivity contribution in [3.8, 4) is 5.75 Å². The minimum Gasteiger partial charge on any atom is -0.484 e. The molecule has 1 aliphatic carbocycles. The van der Waals surface area contributed by atoms with E-state index in [0.29, 0.717) is 6.54 Å². The molecule has 1 aliphatic rings. The average molecular weight is 334 g/mol. The third-order valence-electron chi connectivity index (χ3n) is 4.83. The summed E-state index contributed by atoms with van der Waals surface area (Å²) >= 11 is 0. The highest BCUT2D eigenvalue weighted by molar-refractivity contribution is 5.83. The number of para-hydroxylation sites is 1. The Hall–Kier alpha value is -2.75. The Morgan fingerprint density at radius 2 is 2.00 bits per heavy atom. The molecule has 1 aromatic heterocycles. The number of hydrogen-bond donors (Lipinski definition) is 2. The smallest absolute Gasteiger partial charge is 0.257 e. The van der Waals surface area contributed by atoms with E-state index in [4.69, 9.17) is 4.74 Å². The fraction of sp³-hybridized carbons (Fsp3) is 0.286. The standard InChI is InChI=1S/C21H22N2O2/c24-21(14-25-18-9-8-15-4-3-5-16(15)12-18)22-11-10-17-13-23-20-7-2-1-6-19(17)20/h1-2,6-9,12-13,23H,3-5,10-11,14H2,(H,22,24). The van der Waals surface area contributed by atoms with Crippen molar-refractivity contribution < 1.29 is 9.53 Å². The first-order chi connectivity index (χ1) is 12.3. The molecule has 0 saturated heterocycles. The van der Waals surface area contributed by atoms with Crippen LogP contribution < -0.4 is 10.1 Å². The molecule has 25 heavy (non-hydrogen) atoms. The Morgan fingerprint density at radius 1 is 1.12 bits per heavy atom. The van der Waals surface area contributed by atoms with E-state index in [1.807, 2.05) is 24.4 Å². The molecule has 4 heteroatoms. The number of fused-ring (bicyclic) bond motifs is 2. The van der Waals surface area contributed by atoms with Gasteiger partial charge in [0.05, 0.1) is 0 Å². The van der Waals surface area contributed by atoms with Crippen molar-refractivity contribution in [2.75, 3.05) is 13.2 Å². The molecule has 3 aromatic rings. The molecule has 0 radical (unpaired) electrons. The average Bonchev–Trinajstić information content (AvgIpc) is 3.26. The van der Waals surface area contributed by atoms with Gasteiger partial charge in [0.2, 0.25) is 0 Å². The molecule has 2 aromatic carbocycles. The van der Waals surface area contributed by atoms with Crippen LogP contribution in [0.25, 0.3) is 10.9 Å². The molecule has 0 bridgehead atoms. The van der Waals surface area contributed by atoms with Gasteiger partial charge in [-0.1, -0.05) is 24.3 Å². The summed E-state index contributed by atoms with van der Waals surface area (Å²) in [4.78, 5) is 15.3. The number of aryl methyl sites for hydroxylation is 2. The molecule has 4 rings (SSSR count). The SMILES string of the molecule is O=C(COc1ccc2c(c1)CCC2)NCCc1c[nH]c2ccccc12. The number of benzene rings is 2. The van der Waals surface area contributed by atoms with Gasteiger partial charge >= 0.3 is 0 Å². The number of aromatic nitrogens is 1. The van der Waals surface area contributed by atoms with E-state index in [1.54, 1.807) is 0 Å². The van der Waals surface area contributed by atoms with Crippen LogP contribution in [-0.2, 0) is 24.1 Å². The summed E-state index contributed by atoms with van der Waals surface area (Å²) in [7, 11) is 0. The molecular formula is C21H22N2O2. The number of ether oxygens (including phenoxy) is 1. The van der Waals surface area contributed by atoms with Crippen LogP contribution in [-0.4, -0.2) is 24.0 Å². The number of carbonyl (C=O) groups excluding carboxylic acids is 1. The summed E-state index contributed by atoms with van der Waals surface area (Å²) in [5, 5.41) is 4.14. The molecule has 0 aliphatic heterocycles. The van der Waals surface area contributed by atoms with Crippen molar-refractivity contribution in [3.05, 3.63) is 65.4 Å². The second kappa shape index (κ2) is 7.01. The van der Waals surface area contributed by atoms with Gasteiger partial charge in [-0.2, -0.15) is 0 Å². The van der Waals surface area contributed by atoms with Gasteiger partial charge in [0, 0.05) is 23.6 Å². The van der Waals surface area contributed by atoms with Gasteiger partial charge in [-0.3, -0.25) is 4.79 Å². The van der Waals surface area contributed by atoms with Crippen LogP contribution in [0.5, 0.6) is 5.75 Å². The summed E-state index contributed by atoms with van der Waals surface area (Å²) in [6, 6.07) is 14.3. The van der Waals surface area contributed by atoms with Crippen LogP contribution >= 0.6 is 0 Å². The molecular weight excluding hydrogens is 312 g/mol. The highest BCUT2D eigenvalue weighted by Crippen LogP contribution is 2.25. The molecule has 2 N–H and O–H groups in total. The minimum atomic E-state index is -0.0830. The maximum Gasteiger partial charge on any atom is 0.257 e. The van der Waals surface area contributed by atoms with Crippen LogP contribution in [0.3, 0.4) is 0 Å². The highest BCUT2D eigenvalue weighted by Gasteiger charge is 2.12. The molecule has 1 amide bonds. The number of nitrogens with one attached hydrogen (secondary N) is 2. The maximum absolute atomic E-state index is 12.0. The maximum atomic E-state index is 12.0. The highest BCUT2D eigenvalue weighted by atomic mass is 16.5. The third kappa shape index (κ3) is 3.53. The van der Waals surface area contributed by atoms with Gasteiger partial charge < -0.3 is 15.0 Å². The second-order valence-corrected chi connectivity index (χ2v) is 6.53. The van der Waals surface area contributed by atoms with E-state index in [2.05, 4.69) is 34.6 Å². The first-order valence-electron chi connectivity index (χ1n) is 8.86. The van der Waals surface area contributed by atoms with Crippen molar-refractivity contribution in [1.29, 1.82) is 0 Å². The van der Waals surface area contributed by atoms with Crippen LogP contribution in [0.2, 0.25) is 0 Å². The van der Waals surface area contributed by atoms with Gasteiger partial charge in [-0.25, -0.2) is 0 Å². The Morgan fingerprint density at radius 3 is 2.96 bits per heavy atom. The van der Waals surface area contributed by atoms with Crippen molar-refractivity contribution in [2.45, 2.75) is 25.7 Å². The van der Waals surface area contributed by atoms with Crippen LogP contribution in [0, 0.1) is 0 Å². The van der Waals surface area contributed by atoms with Crippen molar-refractivity contribution in [2.24, 2.45) is 0 Å². The normalized spacial score (nSPS) is 13.0. The predicted molar refractivity (Wildman–Crippen MR) is 99.0 cm³/mol. The third-order valence-corrected chi connectivity index (χ3v) is 4.83. The van der Waals surface area contributed by atoms with Gasteiger partial charge in [0.15, 0.2) is 6.61 Å². The monoisotopic (exact) mass is 334 g/mol. The topological polar surface area (TPSA) is 54.1 Å². The number of H-pyrrole nitrogens is 1. The zero-order valence-electron chi connectivity index (χ0n) is 14.2. The van der Waals surface area contributed by atoms with Gasteiger partial charge in [0.25, 0.3) is 5.91 Å². The molecule has 0 fully saturated rings. The van der Waals surface area contributed by atoms with Crippen LogP contribution in [0.4, 0.5) is 0 Å². The lowest BCUT2D eigenvalue weighted by molar-refractivity contribution is -0.123. The number of rotatable bonds is 6. The number of hydrogen-bond acceptors (Lipinski definition) is 2. The Bertz CT molecular complexity index is 898. The number of amides is 1. The summed E-state index contributed by atoms with van der Waals surface area (Å²) in [5.41, 5.74) is 5.12. The fourth-order valence-corrected chi connectivity index (χ4v) is 3.51. The molecule has 1 heterocycles. The summed E-state index contributed by atoms with van der Waals surface area (Å²) < 4.78 is 5.63. The van der Waals surface area contributed by atoms with Gasteiger partial charge in [-0.15, -0.1) is 0 Å². The zero-order valence-corrected chi connectivity index (χ0v) is 14.2. The lowest BCUT2D eigenvalue weighted by atomic mass is 10.1. The second-order valence-electron chi connectivity index (χ2n) is 6.53. The summed E-state index contributed by atoms with van der Waals surface area (Å²) in [6.45, 7) is 0.668. The van der Waals surface area contributed by atoms with E-state index in [0.717, 1.165) is 30.5 Å². The van der Waals surface area contributed by atoms with E-state index >= 15 is 0 Å².